The van der Waals surface area contributed by atoms with E-state index in [9.17, 15) is 4.79 Å². The minimum Gasteiger partial charge on any atom is -0.368 e. The van der Waals surface area contributed by atoms with E-state index >= 15 is 0 Å². The van der Waals surface area contributed by atoms with Crippen molar-refractivity contribution in [1.82, 2.24) is 20.3 Å². The molecule has 1 aliphatic rings. The van der Waals surface area contributed by atoms with Gasteiger partial charge in [0.1, 0.15) is 12.4 Å². The first-order valence-electron chi connectivity index (χ1n) is 9.00. The van der Waals surface area contributed by atoms with Gasteiger partial charge in [-0.1, -0.05) is 24.3 Å². The Morgan fingerprint density at radius 1 is 1.07 bits per heavy atom. The highest BCUT2D eigenvalue weighted by molar-refractivity contribution is 5.81. The lowest BCUT2D eigenvalue weighted by atomic mass is 10.0. The van der Waals surface area contributed by atoms with Crippen LogP contribution in [0.1, 0.15) is 18.4 Å². The van der Waals surface area contributed by atoms with Gasteiger partial charge in [0.2, 0.25) is 5.91 Å². The van der Waals surface area contributed by atoms with Gasteiger partial charge in [-0.05, 0) is 36.1 Å². The first kappa shape index (κ1) is 17.3. The second-order valence-electron chi connectivity index (χ2n) is 6.44. The van der Waals surface area contributed by atoms with E-state index < -0.39 is 0 Å². The number of aromatic nitrogens is 3. The highest BCUT2D eigenvalue weighted by Gasteiger charge is 2.22. The van der Waals surface area contributed by atoms with E-state index in [0.29, 0.717) is 13.2 Å². The molecule has 0 spiro atoms. The van der Waals surface area contributed by atoms with E-state index in [4.69, 9.17) is 4.74 Å². The molecule has 0 aliphatic carbocycles. The number of rotatable bonds is 5. The van der Waals surface area contributed by atoms with Crippen LogP contribution in [0, 0.1) is 0 Å². The third kappa shape index (κ3) is 4.01. The van der Waals surface area contributed by atoms with Crippen molar-refractivity contribution in [2.45, 2.75) is 25.5 Å². The average Bonchev–Trinajstić information content (AvgIpc) is 3.28. The zero-order valence-corrected chi connectivity index (χ0v) is 14.8. The molecule has 1 N–H and O–H groups in total. The van der Waals surface area contributed by atoms with Crippen LogP contribution in [0.25, 0.3) is 22.4 Å². The van der Waals surface area contributed by atoms with Gasteiger partial charge in [0.05, 0.1) is 5.69 Å². The average molecular weight is 360 g/mol. The Balaban J connectivity index is 1.49. The monoisotopic (exact) mass is 360 g/mol. The molecule has 0 bridgehead atoms. The fourth-order valence-corrected chi connectivity index (χ4v) is 3.17. The molecule has 6 heteroatoms. The predicted molar refractivity (Wildman–Crippen MR) is 102 cm³/mol. The Bertz CT molecular complexity index is 907. The van der Waals surface area contributed by atoms with Crippen molar-refractivity contribution >= 4 is 5.91 Å². The third-order valence-electron chi connectivity index (χ3n) is 4.62. The molecular weight excluding hydrogens is 340 g/mol. The standard InChI is InChI=1S/C21H20N4O2/c26-21(19-2-1-11-27-19)24-12-15-3-5-17(6-4-15)20-18(13-23-14-25-20)16-7-9-22-10-8-16/h3-10,13-14,19H,1-2,11-12H2,(H,24,26)/t19-/m0/s1. The molecule has 2 aromatic heterocycles. The van der Waals surface area contributed by atoms with E-state index in [0.717, 1.165) is 40.8 Å². The number of amides is 1. The minimum atomic E-state index is -0.298. The second-order valence-corrected chi connectivity index (χ2v) is 6.44. The maximum absolute atomic E-state index is 12.1. The maximum atomic E-state index is 12.1. The smallest absolute Gasteiger partial charge is 0.249 e. The fraction of sp³-hybridized carbons (Fsp3) is 0.238. The van der Waals surface area contributed by atoms with E-state index in [1.54, 1.807) is 18.7 Å². The molecule has 3 aromatic rings. The molecule has 0 radical (unpaired) electrons. The van der Waals surface area contributed by atoms with Crippen molar-refractivity contribution in [2.75, 3.05) is 6.61 Å². The van der Waals surface area contributed by atoms with Crippen molar-refractivity contribution in [3.05, 3.63) is 66.9 Å². The Hall–Kier alpha value is -3.12. The quantitative estimate of drug-likeness (QED) is 0.757. The number of pyridine rings is 1. The third-order valence-corrected chi connectivity index (χ3v) is 4.62. The van der Waals surface area contributed by atoms with Crippen molar-refractivity contribution in [2.24, 2.45) is 0 Å². The molecule has 1 amide bonds. The summed E-state index contributed by atoms with van der Waals surface area (Å²) >= 11 is 0. The van der Waals surface area contributed by atoms with Gasteiger partial charge in [-0.15, -0.1) is 0 Å². The van der Waals surface area contributed by atoms with Crippen LogP contribution < -0.4 is 5.32 Å². The van der Waals surface area contributed by atoms with Gasteiger partial charge in [-0.2, -0.15) is 0 Å². The number of hydrogen-bond donors (Lipinski definition) is 1. The lowest BCUT2D eigenvalue weighted by molar-refractivity contribution is -0.130. The first-order valence-corrected chi connectivity index (χ1v) is 9.00. The topological polar surface area (TPSA) is 77.0 Å². The van der Waals surface area contributed by atoms with Gasteiger partial charge in [-0.25, -0.2) is 9.97 Å². The zero-order valence-electron chi connectivity index (χ0n) is 14.8. The van der Waals surface area contributed by atoms with Crippen molar-refractivity contribution < 1.29 is 9.53 Å². The molecule has 3 heterocycles. The lowest BCUT2D eigenvalue weighted by Gasteiger charge is -2.11. The Morgan fingerprint density at radius 2 is 1.89 bits per heavy atom. The van der Waals surface area contributed by atoms with Crippen LogP contribution in [0.4, 0.5) is 0 Å². The molecule has 1 saturated heterocycles. The summed E-state index contributed by atoms with van der Waals surface area (Å²) < 4.78 is 5.40. The number of carbonyl (C=O) groups is 1. The number of benzene rings is 1. The number of hydrogen-bond acceptors (Lipinski definition) is 5. The molecule has 1 fully saturated rings. The van der Waals surface area contributed by atoms with Crippen LogP contribution in [0.3, 0.4) is 0 Å². The van der Waals surface area contributed by atoms with E-state index in [1.165, 1.54) is 0 Å². The summed E-state index contributed by atoms with van der Waals surface area (Å²) in [5.74, 6) is -0.0349. The molecular formula is C21H20N4O2. The molecule has 136 valence electrons. The van der Waals surface area contributed by atoms with Gasteiger partial charge >= 0.3 is 0 Å². The summed E-state index contributed by atoms with van der Waals surface area (Å²) in [7, 11) is 0. The van der Waals surface area contributed by atoms with Gasteiger partial charge in [-0.3, -0.25) is 9.78 Å². The molecule has 0 unspecified atom stereocenters. The summed E-state index contributed by atoms with van der Waals surface area (Å²) in [5.41, 5.74) is 4.88. The zero-order chi connectivity index (χ0) is 18.5. The number of nitrogens with zero attached hydrogens (tertiary/aromatic N) is 3. The molecule has 1 aromatic carbocycles. The van der Waals surface area contributed by atoms with Crippen molar-refractivity contribution in [1.29, 1.82) is 0 Å². The largest absolute Gasteiger partial charge is 0.368 e. The normalized spacial score (nSPS) is 16.2. The Labute approximate surface area is 157 Å². The van der Waals surface area contributed by atoms with Crippen LogP contribution in [0.15, 0.2) is 61.3 Å². The number of nitrogens with one attached hydrogen (secondary N) is 1. The fourth-order valence-electron chi connectivity index (χ4n) is 3.17. The van der Waals surface area contributed by atoms with Crippen LogP contribution >= 0.6 is 0 Å². The number of carbonyl (C=O) groups excluding carboxylic acids is 1. The lowest BCUT2D eigenvalue weighted by Crippen LogP contribution is -2.33. The van der Waals surface area contributed by atoms with Crippen molar-refractivity contribution in [3.63, 3.8) is 0 Å². The Kier molecular flexibility index (Phi) is 5.16. The summed E-state index contributed by atoms with van der Waals surface area (Å²) in [4.78, 5) is 24.7. The SMILES string of the molecule is O=C(NCc1ccc(-c2ncncc2-c2ccncc2)cc1)[C@@H]1CCCO1. The van der Waals surface area contributed by atoms with Gasteiger partial charge in [0, 0.05) is 42.9 Å². The first-order chi connectivity index (χ1) is 13.3. The molecule has 1 atom stereocenters. The molecule has 4 rings (SSSR count). The van der Waals surface area contributed by atoms with Crippen LogP contribution in [0.2, 0.25) is 0 Å². The van der Waals surface area contributed by atoms with E-state index in [-0.39, 0.29) is 12.0 Å². The van der Waals surface area contributed by atoms with Crippen LogP contribution in [-0.2, 0) is 16.1 Å². The second kappa shape index (κ2) is 8.05. The van der Waals surface area contributed by atoms with E-state index in [1.807, 2.05) is 42.6 Å². The molecule has 27 heavy (non-hydrogen) atoms. The van der Waals surface area contributed by atoms with Gasteiger partial charge in [0.25, 0.3) is 0 Å². The summed E-state index contributed by atoms with van der Waals surface area (Å²) in [6.45, 7) is 1.16. The molecule has 0 saturated carbocycles. The molecule has 1 aliphatic heterocycles. The van der Waals surface area contributed by atoms with Crippen LogP contribution in [0.5, 0.6) is 0 Å². The summed E-state index contributed by atoms with van der Waals surface area (Å²) in [6, 6.07) is 11.9. The van der Waals surface area contributed by atoms with Gasteiger partial charge in [0.15, 0.2) is 0 Å². The molecule has 6 nitrogen and oxygen atoms in total. The van der Waals surface area contributed by atoms with Gasteiger partial charge < -0.3 is 10.1 Å². The number of ether oxygens (including phenoxy) is 1. The van der Waals surface area contributed by atoms with Crippen molar-refractivity contribution in [3.8, 4) is 22.4 Å². The highest BCUT2D eigenvalue weighted by atomic mass is 16.5. The highest BCUT2D eigenvalue weighted by Crippen LogP contribution is 2.29. The predicted octanol–water partition coefficient (Wildman–Crippen LogP) is 3.00. The minimum absolute atomic E-state index is 0.0349. The van der Waals surface area contributed by atoms with Crippen LogP contribution in [-0.4, -0.2) is 33.6 Å². The summed E-state index contributed by atoms with van der Waals surface area (Å²) in [5, 5.41) is 2.94. The van der Waals surface area contributed by atoms with E-state index in [2.05, 4.69) is 20.3 Å². The summed E-state index contributed by atoms with van der Waals surface area (Å²) in [6.07, 6.45) is 8.33. The Morgan fingerprint density at radius 3 is 2.63 bits per heavy atom. The maximum Gasteiger partial charge on any atom is 0.249 e.